The minimum atomic E-state index is 0.368. The van der Waals surface area contributed by atoms with Gasteiger partial charge in [0.25, 0.3) is 0 Å². The summed E-state index contributed by atoms with van der Waals surface area (Å²) < 4.78 is 0. The molecule has 1 aromatic rings. The standard InChI is InChI=1S/C15H25NS/c1-4-15(5-2,13-17)12-16(3)11-14-9-7-6-8-10-14/h6-10,17H,4-5,11-13H2,1-3H3. The molecule has 1 rings (SSSR count). The predicted octanol–water partition coefficient (Wildman–Crippen LogP) is 3.85. The van der Waals surface area contributed by atoms with Crippen LogP contribution < -0.4 is 0 Å². The van der Waals surface area contributed by atoms with E-state index in [1.54, 1.807) is 0 Å². The zero-order chi connectivity index (χ0) is 12.7. The summed E-state index contributed by atoms with van der Waals surface area (Å²) in [4.78, 5) is 2.42. The Labute approximate surface area is 112 Å². The third-order valence-corrected chi connectivity index (χ3v) is 4.41. The molecule has 0 heterocycles. The number of thiol groups is 1. The van der Waals surface area contributed by atoms with Gasteiger partial charge < -0.3 is 4.90 Å². The fourth-order valence-corrected chi connectivity index (χ4v) is 2.82. The van der Waals surface area contributed by atoms with E-state index in [4.69, 9.17) is 0 Å². The summed E-state index contributed by atoms with van der Waals surface area (Å²) in [5.74, 6) is 0.971. The fraction of sp³-hybridized carbons (Fsp3) is 0.600. The van der Waals surface area contributed by atoms with Crippen molar-refractivity contribution in [3.05, 3.63) is 35.9 Å². The van der Waals surface area contributed by atoms with Crippen LogP contribution in [-0.4, -0.2) is 24.2 Å². The molecule has 0 spiro atoms. The highest BCUT2D eigenvalue weighted by Crippen LogP contribution is 2.29. The molecule has 0 aliphatic carbocycles. The molecular weight excluding hydrogens is 226 g/mol. The molecule has 2 heteroatoms. The number of benzene rings is 1. The van der Waals surface area contributed by atoms with E-state index < -0.39 is 0 Å². The molecule has 0 aliphatic rings. The van der Waals surface area contributed by atoms with Crippen molar-refractivity contribution in [2.45, 2.75) is 33.2 Å². The highest BCUT2D eigenvalue weighted by Gasteiger charge is 2.25. The third-order valence-electron chi connectivity index (χ3n) is 3.74. The van der Waals surface area contributed by atoms with Crippen LogP contribution in [0.4, 0.5) is 0 Å². The lowest BCUT2D eigenvalue weighted by Gasteiger charge is -2.34. The van der Waals surface area contributed by atoms with E-state index in [0.29, 0.717) is 5.41 Å². The maximum atomic E-state index is 4.54. The molecule has 0 atom stereocenters. The summed E-state index contributed by atoms with van der Waals surface area (Å²) >= 11 is 4.54. The Bertz CT molecular complexity index is 298. The lowest BCUT2D eigenvalue weighted by atomic mass is 9.84. The van der Waals surface area contributed by atoms with Gasteiger partial charge in [-0.05, 0) is 36.6 Å². The molecular formula is C15H25NS. The second-order valence-electron chi connectivity index (χ2n) is 5.02. The molecule has 1 aromatic carbocycles. The largest absolute Gasteiger partial charge is 0.302 e. The van der Waals surface area contributed by atoms with Gasteiger partial charge in [0, 0.05) is 13.1 Å². The van der Waals surface area contributed by atoms with Crippen LogP contribution in [0.25, 0.3) is 0 Å². The van der Waals surface area contributed by atoms with E-state index in [1.165, 1.54) is 18.4 Å². The summed E-state index contributed by atoms with van der Waals surface area (Å²) in [7, 11) is 2.20. The molecule has 0 amide bonds. The molecule has 0 saturated heterocycles. The monoisotopic (exact) mass is 251 g/mol. The molecule has 1 nitrogen and oxygen atoms in total. The smallest absolute Gasteiger partial charge is 0.0230 e. The Hall–Kier alpha value is -0.470. The van der Waals surface area contributed by atoms with Gasteiger partial charge in [-0.3, -0.25) is 0 Å². The second-order valence-corrected chi connectivity index (χ2v) is 5.34. The Balaban J connectivity index is 2.56. The molecule has 0 N–H and O–H groups in total. The van der Waals surface area contributed by atoms with Crippen LogP contribution >= 0.6 is 12.6 Å². The first-order valence-corrected chi connectivity index (χ1v) is 7.12. The number of nitrogens with zero attached hydrogens (tertiary/aromatic N) is 1. The van der Waals surface area contributed by atoms with Gasteiger partial charge in [0.05, 0.1) is 0 Å². The zero-order valence-electron chi connectivity index (χ0n) is 11.3. The summed E-state index contributed by atoms with van der Waals surface area (Å²) in [6, 6.07) is 10.7. The van der Waals surface area contributed by atoms with Crippen molar-refractivity contribution in [2.75, 3.05) is 19.3 Å². The third kappa shape index (κ3) is 4.36. The number of rotatable bonds is 7. The van der Waals surface area contributed by atoms with Crippen LogP contribution in [-0.2, 0) is 6.54 Å². The normalized spacial score (nSPS) is 12.1. The van der Waals surface area contributed by atoms with Gasteiger partial charge in [-0.25, -0.2) is 0 Å². The SMILES string of the molecule is CCC(CC)(CS)CN(C)Cc1ccccc1. The van der Waals surface area contributed by atoms with Crippen molar-refractivity contribution in [1.29, 1.82) is 0 Å². The lowest BCUT2D eigenvalue weighted by molar-refractivity contribution is 0.179. The van der Waals surface area contributed by atoms with Gasteiger partial charge >= 0.3 is 0 Å². The molecule has 0 unspecified atom stereocenters. The molecule has 0 radical (unpaired) electrons. The summed E-state index contributed by atoms with van der Waals surface area (Å²) in [6.07, 6.45) is 2.40. The van der Waals surface area contributed by atoms with Crippen LogP contribution in [0.5, 0.6) is 0 Å². The minimum Gasteiger partial charge on any atom is -0.302 e. The van der Waals surface area contributed by atoms with Crippen molar-refractivity contribution < 1.29 is 0 Å². The van der Waals surface area contributed by atoms with Crippen LogP contribution in [0.2, 0.25) is 0 Å². The first kappa shape index (κ1) is 14.6. The van der Waals surface area contributed by atoms with Crippen molar-refractivity contribution in [1.82, 2.24) is 4.90 Å². The summed E-state index contributed by atoms with van der Waals surface area (Å²) in [5.41, 5.74) is 1.75. The zero-order valence-corrected chi connectivity index (χ0v) is 12.2. The van der Waals surface area contributed by atoms with Gasteiger partial charge in [0.1, 0.15) is 0 Å². The molecule has 0 saturated carbocycles. The van der Waals surface area contributed by atoms with Crippen molar-refractivity contribution in [2.24, 2.45) is 5.41 Å². The van der Waals surface area contributed by atoms with Crippen LogP contribution in [0.15, 0.2) is 30.3 Å². The van der Waals surface area contributed by atoms with E-state index in [-0.39, 0.29) is 0 Å². The Morgan fingerprint density at radius 2 is 1.71 bits per heavy atom. The molecule has 17 heavy (non-hydrogen) atoms. The topological polar surface area (TPSA) is 3.24 Å². The average Bonchev–Trinajstić information content (AvgIpc) is 2.37. The van der Waals surface area contributed by atoms with E-state index >= 15 is 0 Å². The molecule has 0 fully saturated rings. The molecule has 0 aliphatic heterocycles. The van der Waals surface area contributed by atoms with Crippen molar-refractivity contribution in [3.63, 3.8) is 0 Å². The highest BCUT2D eigenvalue weighted by atomic mass is 32.1. The molecule has 0 aromatic heterocycles. The van der Waals surface area contributed by atoms with E-state index in [0.717, 1.165) is 18.8 Å². The highest BCUT2D eigenvalue weighted by molar-refractivity contribution is 7.80. The van der Waals surface area contributed by atoms with Gasteiger partial charge in [-0.2, -0.15) is 12.6 Å². The first-order valence-electron chi connectivity index (χ1n) is 6.49. The number of hydrogen-bond acceptors (Lipinski definition) is 2. The average molecular weight is 251 g/mol. The van der Waals surface area contributed by atoms with E-state index in [1.807, 2.05) is 0 Å². The Morgan fingerprint density at radius 3 is 2.18 bits per heavy atom. The molecule has 0 bridgehead atoms. The van der Waals surface area contributed by atoms with Gasteiger partial charge in [0.2, 0.25) is 0 Å². The van der Waals surface area contributed by atoms with Crippen LogP contribution in [0.3, 0.4) is 0 Å². The fourth-order valence-electron chi connectivity index (χ4n) is 2.27. The Kier molecular flexibility index (Phi) is 6.07. The molecule has 96 valence electrons. The van der Waals surface area contributed by atoms with Gasteiger partial charge in [0.15, 0.2) is 0 Å². The van der Waals surface area contributed by atoms with Gasteiger partial charge in [-0.1, -0.05) is 44.2 Å². The second kappa shape index (κ2) is 7.07. The van der Waals surface area contributed by atoms with Crippen molar-refractivity contribution >= 4 is 12.6 Å². The summed E-state index contributed by atoms with van der Waals surface area (Å²) in [6.45, 7) is 6.70. The maximum Gasteiger partial charge on any atom is 0.0230 e. The minimum absolute atomic E-state index is 0.368. The maximum absolute atomic E-state index is 4.54. The van der Waals surface area contributed by atoms with Crippen molar-refractivity contribution in [3.8, 4) is 0 Å². The van der Waals surface area contributed by atoms with Gasteiger partial charge in [-0.15, -0.1) is 0 Å². The lowest BCUT2D eigenvalue weighted by Crippen LogP contribution is -2.36. The Morgan fingerprint density at radius 1 is 1.12 bits per heavy atom. The van der Waals surface area contributed by atoms with E-state index in [2.05, 4.69) is 68.8 Å². The first-order chi connectivity index (χ1) is 8.15. The van der Waals surface area contributed by atoms with Crippen LogP contribution in [0, 0.1) is 5.41 Å². The summed E-state index contributed by atoms with van der Waals surface area (Å²) in [5, 5.41) is 0. The van der Waals surface area contributed by atoms with Crippen LogP contribution in [0.1, 0.15) is 32.3 Å². The predicted molar refractivity (Wildman–Crippen MR) is 79.6 cm³/mol. The number of hydrogen-bond donors (Lipinski definition) is 1. The quantitative estimate of drug-likeness (QED) is 0.720. The van der Waals surface area contributed by atoms with E-state index in [9.17, 15) is 0 Å².